The van der Waals surface area contributed by atoms with Crippen LogP contribution in [0, 0.1) is 0 Å². The first-order valence-electron chi connectivity index (χ1n) is 8.33. The van der Waals surface area contributed by atoms with Crippen molar-refractivity contribution in [2.24, 2.45) is 0 Å². The molecule has 0 atom stereocenters. The van der Waals surface area contributed by atoms with Gasteiger partial charge in [-0.3, -0.25) is 19.6 Å². The summed E-state index contributed by atoms with van der Waals surface area (Å²) in [7, 11) is 0. The van der Waals surface area contributed by atoms with Gasteiger partial charge in [0.15, 0.2) is 0 Å². The number of para-hydroxylation sites is 1. The molecule has 1 N–H and O–H groups in total. The molecule has 0 fully saturated rings. The average Bonchev–Trinajstić information content (AvgIpc) is 2.70. The quantitative estimate of drug-likeness (QED) is 0.606. The van der Waals surface area contributed by atoms with Crippen molar-refractivity contribution in [1.29, 1.82) is 0 Å². The molecule has 1 aromatic carbocycles. The molecule has 4 rings (SSSR count). The molecular formula is C20H15N5O2. The van der Waals surface area contributed by atoms with Gasteiger partial charge in [-0.05, 0) is 30.3 Å². The van der Waals surface area contributed by atoms with E-state index in [-0.39, 0.29) is 18.0 Å². The molecule has 3 aromatic heterocycles. The van der Waals surface area contributed by atoms with Gasteiger partial charge >= 0.3 is 0 Å². The van der Waals surface area contributed by atoms with Crippen molar-refractivity contribution in [1.82, 2.24) is 19.7 Å². The van der Waals surface area contributed by atoms with E-state index in [1.165, 1.54) is 6.07 Å². The van der Waals surface area contributed by atoms with Crippen LogP contribution in [0.15, 0.2) is 78.0 Å². The number of hydrogen-bond donors (Lipinski definition) is 1. The SMILES string of the molecule is O=C(Cn1nc(-c2ccncc2)ccc1=O)Nc1cccc2cccnc12. The number of rotatable bonds is 4. The highest BCUT2D eigenvalue weighted by Crippen LogP contribution is 2.20. The molecular weight excluding hydrogens is 342 g/mol. The number of aromatic nitrogens is 4. The van der Waals surface area contributed by atoms with E-state index >= 15 is 0 Å². The van der Waals surface area contributed by atoms with Crippen LogP contribution in [0.3, 0.4) is 0 Å². The van der Waals surface area contributed by atoms with Crippen molar-refractivity contribution in [3.8, 4) is 11.3 Å². The first-order valence-corrected chi connectivity index (χ1v) is 8.33. The minimum atomic E-state index is -0.352. The lowest BCUT2D eigenvalue weighted by Gasteiger charge is -2.09. The maximum absolute atomic E-state index is 12.5. The minimum absolute atomic E-state index is 0.193. The van der Waals surface area contributed by atoms with Crippen molar-refractivity contribution < 1.29 is 4.79 Å². The molecule has 27 heavy (non-hydrogen) atoms. The molecule has 7 nitrogen and oxygen atoms in total. The van der Waals surface area contributed by atoms with Crippen LogP contribution in [0.25, 0.3) is 22.2 Å². The van der Waals surface area contributed by atoms with Crippen molar-refractivity contribution >= 4 is 22.5 Å². The topological polar surface area (TPSA) is 89.8 Å². The van der Waals surface area contributed by atoms with Crippen molar-refractivity contribution in [3.05, 3.63) is 83.5 Å². The van der Waals surface area contributed by atoms with Gasteiger partial charge in [-0.25, -0.2) is 4.68 Å². The van der Waals surface area contributed by atoms with E-state index in [4.69, 9.17) is 0 Å². The Labute approximate surface area is 154 Å². The summed E-state index contributed by atoms with van der Waals surface area (Å²) < 4.78 is 1.14. The van der Waals surface area contributed by atoms with Crippen LogP contribution in [0.1, 0.15) is 0 Å². The fraction of sp³-hybridized carbons (Fsp3) is 0.0500. The number of hydrogen-bond acceptors (Lipinski definition) is 5. The highest BCUT2D eigenvalue weighted by molar-refractivity contribution is 6.00. The zero-order chi connectivity index (χ0) is 18.6. The third kappa shape index (κ3) is 3.57. The second-order valence-electron chi connectivity index (χ2n) is 5.88. The number of nitrogens with one attached hydrogen (secondary N) is 1. The first kappa shape index (κ1) is 16.6. The number of pyridine rings is 2. The van der Waals surface area contributed by atoms with Crippen LogP contribution in [-0.2, 0) is 11.3 Å². The monoisotopic (exact) mass is 357 g/mol. The highest BCUT2D eigenvalue weighted by Gasteiger charge is 2.10. The predicted molar refractivity (Wildman–Crippen MR) is 102 cm³/mol. The molecule has 0 saturated heterocycles. The van der Waals surface area contributed by atoms with Crippen molar-refractivity contribution in [2.75, 3.05) is 5.32 Å². The molecule has 0 saturated carbocycles. The molecule has 0 bridgehead atoms. The highest BCUT2D eigenvalue weighted by atomic mass is 16.2. The van der Waals surface area contributed by atoms with Gasteiger partial charge in [0, 0.05) is 35.6 Å². The summed E-state index contributed by atoms with van der Waals surface area (Å²) in [6.07, 6.45) is 4.96. The number of carbonyl (C=O) groups is 1. The second kappa shape index (κ2) is 7.17. The van der Waals surface area contributed by atoms with Crippen LogP contribution in [-0.4, -0.2) is 25.7 Å². The molecule has 0 unspecified atom stereocenters. The zero-order valence-corrected chi connectivity index (χ0v) is 14.2. The van der Waals surface area contributed by atoms with E-state index < -0.39 is 0 Å². The first-order chi connectivity index (χ1) is 13.2. The zero-order valence-electron chi connectivity index (χ0n) is 14.2. The molecule has 4 aromatic rings. The normalized spacial score (nSPS) is 10.7. The summed E-state index contributed by atoms with van der Waals surface area (Å²) in [5, 5.41) is 8.02. The second-order valence-corrected chi connectivity index (χ2v) is 5.88. The molecule has 132 valence electrons. The van der Waals surface area contributed by atoms with Crippen LogP contribution < -0.4 is 10.9 Å². The Morgan fingerprint density at radius 3 is 2.63 bits per heavy atom. The van der Waals surface area contributed by atoms with E-state index in [1.807, 2.05) is 24.3 Å². The summed E-state index contributed by atoms with van der Waals surface area (Å²) in [5.41, 5.74) is 2.35. The third-order valence-electron chi connectivity index (χ3n) is 4.04. The van der Waals surface area contributed by atoms with Gasteiger partial charge in [0.1, 0.15) is 6.54 Å². The molecule has 3 heterocycles. The number of benzene rings is 1. The van der Waals surface area contributed by atoms with Gasteiger partial charge < -0.3 is 5.32 Å². The predicted octanol–water partition coefficient (Wildman–Crippen LogP) is 2.49. The maximum Gasteiger partial charge on any atom is 0.267 e. The minimum Gasteiger partial charge on any atom is -0.323 e. The van der Waals surface area contributed by atoms with Crippen LogP contribution in [0.5, 0.6) is 0 Å². The van der Waals surface area contributed by atoms with E-state index in [1.54, 1.807) is 42.9 Å². The average molecular weight is 357 g/mol. The van der Waals surface area contributed by atoms with Gasteiger partial charge in [-0.2, -0.15) is 5.10 Å². The van der Waals surface area contributed by atoms with E-state index in [2.05, 4.69) is 20.4 Å². The Morgan fingerprint density at radius 1 is 0.963 bits per heavy atom. The summed E-state index contributed by atoms with van der Waals surface area (Å²) in [6, 6.07) is 15.9. The number of amides is 1. The van der Waals surface area contributed by atoms with Crippen LogP contribution in [0.4, 0.5) is 5.69 Å². The van der Waals surface area contributed by atoms with Gasteiger partial charge in [0.05, 0.1) is 16.9 Å². The maximum atomic E-state index is 12.5. The van der Waals surface area contributed by atoms with E-state index in [0.29, 0.717) is 16.9 Å². The molecule has 0 aliphatic carbocycles. The Bertz CT molecular complexity index is 1170. The standard InChI is InChI=1S/C20H15N5O2/c26-18(23-17-5-1-3-15-4-2-10-22-20(15)17)13-25-19(27)7-6-16(24-25)14-8-11-21-12-9-14/h1-12H,13H2,(H,23,26). The van der Waals surface area contributed by atoms with Gasteiger partial charge in [-0.15, -0.1) is 0 Å². The fourth-order valence-corrected chi connectivity index (χ4v) is 2.77. The fourth-order valence-electron chi connectivity index (χ4n) is 2.77. The largest absolute Gasteiger partial charge is 0.323 e. The Morgan fingerprint density at radius 2 is 1.78 bits per heavy atom. The molecule has 1 amide bonds. The molecule has 0 spiro atoms. The summed E-state index contributed by atoms with van der Waals surface area (Å²) in [4.78, 5) is 32.8. The summed E-state index contributed by atoms with van der Waals surface area (Å²) >= 11 is 0. The summed E-state index contributed by atoms with van der Waals surface area (Å²) in [6.45, 7) is -0.193. The smallest absolute Gasteiger partial charge is 0.267 e. The number of nitrogens with zero attached hydrogens (tertiary/aromatic N) is 4. The molecule has 0 radical (unpaired) electrons. The Balaban J connectivity index is 1.59. The lowest BCUT2D eigenvalue weighted by Crippen LogP contribution is -2.29. The molecule has 0 aliphatic rings. The van der Waals surface area contributed by atoms with Gasteiger partial charge in [0.2, 0.25) is 5.91 Å². The number of anilines is 1. The Hall–Kier alpha value is -3.87. The molecule has 7 heteroatoms. The van der Waals surface area contributed by atoms with Crippen molar-refractivity contribution in [2.45, 2.75) is 6.54 Å². The Kier molecular flexibility index (Phi) is 4.40. The van der Waals surface area contributed by atoms with Gasteiger partial charge in [0.25, 0.3) is 5.56 Å². The van der Waals surface area contributed by atoms with Crippen LogP contribution >= 0.6 is 0 Å². The number of fused-ring (bicyclic) bond motifs is 1. The lowest BCUT2D eigenvalue weighted by molar-refractivity contribution is -0.117. The summed E-state index contributed by atoms with van der Waals surface area (Å²) in [5.74, 6) is -0.352. The van der Waals surface area contributed by atoms with Crippen LogP contribution in [0.2, 0.25) is 0 Å². The van der Waals surface area contributed by atoms with Crippen molar-refractivity contribution in [3.63, 3.8) is 0 Å². The van der Waals surface area contributed by atoms with E-state index in [9.17, 15) is 9.59 Å². The third-order valence-corrected chi connectivity index (χ3v) is 4.04. The lowest BCUT2D eigenvalue weighted by atomic mass is 10.2. The molecule has 0 aliphatic heterocycles. The van der Waals surface area contributed by atoms with E-state index in [0.717, 1.165) is 15.6 Å². The number of carbonyl (C=O) groups excluding carboxylic acids is 1. The van der Waals surface area contributed by atoms with Gasteiger partial charge in [-0.1, -0.05) is 18.2 Å².